The Kier molecular flexibility index (Phi) is 3.52. The van der Waals surface area contributed by atoms with Crippen molar-refractivity contribution in [1.29, 1.82) is 0 Å². The molecule has 0 aromatic carbocycles. The van der Waals surface area contributed by atoms with E-state index in [1.54, 1.807) is 23.0 Å². The van der Waals surface area contributed by atoms with Crippen molar-refractivity contribution >= 4 is 17.6 Å². The van der Waals surface area contributed by atoms with Crippen LogP contribution in [-0.2, 0) is 7.05 Å². The van der Waals surface area contributed by atoms with Crippen LogP contribution >= 0.6 is 11.8 Å². The van der Waals surface area contributed by atoms with Crippen molar-refractivity contribution in [1.82, 2.24) is 14.8 Å². The molecule has 6 nitrogen and oxygen atoms in total. The summed E-state index contributed by atoms with van der Waals surface area (Å²) < 4.78 is 1.79. The van der Waals surface area contributed by atoms with Crippen molar-refractivity contribution in [2.75, 3.05) is 0 Å². The van der Waals surface area contributed by atoms with E-state index in [-0.39, 0.29) is 5.84 Å². The van der Waals surface area contributed by atoms with Crippen LogP contribution in [0.3, 0.4) is 0 Å². The summed E-state index contributed by atoms with van der Waals surface area (Å²) in [5.41, 5.74) is 7.12. The lowest BCUT2D eigenvalue weighted by Gasteiger charge is -2.03. The fourth-order valence-electron chi connectivity index (χ4n) is 1.47. The van der Waals surface area contributed by atoms with Crippen LogP contribution in [0.5, 0.6) is 0 Å². The summed E-state index contributed by atoms with van der Waals surface area (Å²) in [6.07, 6.45) is 1.62. The van der Waals surface area contributed by atoms with E-state index in [0.717, 1.165) is 15.7 Å². The van der Waals surface area contributed by atoms with Crippen LogP contribution in [0.2, 0.25) is 0 Å². The maximum atomic E-state index is 8.64. The minimum Gasteiger partial charge on any atom is -0.409 e. The highest BCUT2D eigenvalue weighted by molar-refractivity contribution is 7.99. The van der Waals surface area contributed by atoms with Gasteiger partial charge >= 0.3 is 0 Å². The zero-order valence-corrected chi connectivity index (χ0v) is 10.8. The molecule has 18 heavy (non-hydrogen) atoms. The summed E-state index contributed by atoms with van der Waals surface area (Å²) in [6.45, 7) is 1.93. The minimum atomic E-state index is 0.0698. The van der Waals surface area contributed by atoms with Gasteiger partial charge in [-0.05, 0) is 25.1 Å². The van der Waals surface area contributed by atoms with Gasteiger partial charge in [-0.1, -0.05) is 16.9 Å². The molecule has 2 aromatic heterocycles. The van der Waals surface area contributed by atoms with Gasteiger partial charge in [0, 0.05) is 18.8 Å². The summed E-state index contributed by atoms with van der Waals surface area (Å²) >= 11 is 1.47. The second-order valence-electron chi connectivity index (χ2n) is 3.72. The van der Waals surface area contributed by atoms with Crippen molar-refractivity contribution in [2.24, 2.45) is 17.9 Å². The number of hydrogen-bond donors (Lipinski definition) is 2. The summed E-state index contributed by atoms with van der Waals surface area (Å²) in [4.78, 5) is 4.23. The third-order valence-corrected chi connectivity index (χ3v) is 3.33. The van der Waals surface area contributed by atoms with Gasteiger partial charge in [-0.2, -0.15) is 5.10 Å². The summed E-state index contributed by atoms with van der Waals surface area (Å²) in [5, 5.41) is 17.6. The minimum absolute atomic E-state index is 0.0698. The Morgan fingerprint density at radius 2 is 2.28 bits per heavy atom. The van der Waals surface area contributed by atoms with Gasteiger partial charge in [0.15, 0.2) is 5.84 Å². The van der Waals surface area contributed by atoms with E-state index < -0.39 is 0 Å². The molecule has 0 saturated carbocycles. The molecule has 94 valence electrons. The highest BCUT2D eigenvalue weighted by atomic mass is 32.2. The van der Waals surface area contributed by atoms with Gasteiger partial charge in [0.2, 0.25) is 0 Å². The summed E-state index contributed by atoms with van der Waals surface area (Å²) in [7, 11) is 1.88. The van der Waals surface area contributed by atoms with Gasteiger partial charge in [0.05, 0.1) is 5.69 Å². The smallest absolute Gasteiger partial charge is 0.170 e. The van der Waals surface area contributed by atoms with Gasteiger partial charge < -0.3 is 10.9 Å². The topological polar surface area (TPSA) is 89.3 Å². The number of aryl methyl sites for hydroxylation is 2. The normalized spacial score (nSPS) is 11.8. The van der Waals surface area contributed by atoms with Crippen molar-refractivity contribution in [2.45, 2.75) is 17.0 Å². The second-order valence-corrected chi connectivity index (χ2v) is 4.76. The summed E-state index contributed by atoms with van der Waals surface area (Å²) in [6, 6.07) is 5.43. The highest BCUT2D eigenvalue weighted by Gasteiger charge is 2.07. The van der Waals surface area contributed by atoms with Gasteiger partial charge in [-0.25, -0.2) is 4.98 Å². The molecule has 0 aliphatic rings. The van der Waals surface area contributed by atoms with Gasteiger partial charge in [0.25, 0.3) is 0 Å². The largest absolute Gasteiger partial charge is 0.409 e. The molecule has 2 rings (SSSR count). The molecule has 0 unspecified atom stereocenters. The van der Waals surface area contributed by atoms with Crippen molar-refractivity contribution < 1.29 is 5.21 Å². The molecule has 0 spiro atoms. The number of pyridine rings is 1. The number of nitrogens with zero attached hydrogens (tertiary/aromatic N) is 4. The van der Waals surface area contributed by atoms with E-state index in [2.05, 4.69) is 15.2 Å². The highest BCUT2D eigenvalue weighted by Crippen LogP contribution is 2.26. The van der Waals surface area contributed by atoms with E-state index in [1.165, 1.54) is 11.8 Å². The molecule has 7 heteroatoms. The second kappa shape index (κ2) is 5.09. The molecule has 2 aromatic rings. The predicted octanol–water partition coefficient (Wildman–Crippen LogP) is 1.37. The van der Waals surface area contributed by atoms with Gasteiger partial charge in [-0.15, -0.1) is 0 Å². The lowest BCUT2D eigenvalue weighted by molar-refractivity contribution is 0.318. The zero-order valence-electron chi connectivity index (χ0n) is 10.0. The number of amidine groups is 1. The molecule has 0 amide bonds. The van der Waals surface area contributed by atoms with Crippen molar-refractivity contribution in [3.8, 4) is 0 Å². The Morgan fingerprint density at radius 3 is 2.89 bits per heavy atom. The Labute approximate surface area is 109 Å². The number of aromatic nitrogens is 3. The van der Waals surface area contributed by atoms with Crippen molar-refractivity contribution in [3.63, 3.8) is 0 Å². The molecule has 0 atom stereocenters. The maximum absolute atomic E-state index is 8.64. The monoisotopic (exact) mass is 263 g/mol. The molecule has 3 N–H and O–H groups in total. The average Bonchev–Trinajstić information content (AvgIpc) is 2.67. The molecule has 0 saturated heterocycles. The van der Waals surface area contributed by atoms with Crippen LogP contribution in [0.1, 0.15) is 11.3 Å². The van der Waals surface area contributed by atoms with Gasteiger partial charge in [0.1, 0.15) is 10.1 Å². The maximum Gasteiger partial charge on any atom is 0.170 e. The first-order valence-corrected chi connectivity index (χ1v) is 6.04. The van der Waals surface area contributed by atoms with E-state index >= 15 is 0 Å². The Morgan fingerprint density at radius 1 is 1.50 bits per heavy atom. The van der Waals surface area contributed by atoms with Crippen LogP contribution in [0.4, 0.5) is 0 Å². The number of hydrogen-bond acceptors (Lipinski definition) is 5. The quantitative estimate of drug-likeness (QED) is 0.378. The van der Waals surface area contributed by atoms with Crippen LogP contribution in [0.25, 0.3) is 0 Å². The fraction of sp³-hybridized carbons (Fsp3) is 0.182. The lowest BCUT2D eigenvalue weighted by Crippen LogP contribution is -2.13. The number of rotatable bonds is 3. The fourth-order valence-corrected chi connectivity index (χ4v) is 2.39. The van der Waals surface area contributed by atoms with E-state index in [4.69, 9.17) is 10.9 Å². The van der Waals surface area contributed by atoms with Crippen LogP contribution in [-0.4, -0.2) is 25.8 Å². The Bertz CT molecular complexity index is 593. The number of nitrogens with two attached hydrogens (primary N) is 1. The molecule has 0 radical (unpaired) electrons. The molecular formula is C11H13N5OS. The molecule has 0 aliphatic heterocycles. The average molecular weight is 263 g/mol. The SMILES string of the molecule is Cc1cc(Sc2cc(C(N)=NO)ccn2)n(C)n1. The molecule has 0 fully saturated rings. The number of oxime groups is 1. The summed E-state index contributed by atoms with van der Waals surface area (Å²) in [5.74, 6) is 0.0698. The molecule has 0 aliphatic carbocycles. The first-order valence-electron chi connectivity index (χ1n) is 5.22. The van der Waals surface area contributed by atoms with Gasteiger partial charge in [-0.3, -0.25) is 4.68 Å². The lowest BCUT2D eigenvalue weighted by atomic mass is 10.2. The Balaban J connectivity index is 2.27. The predicted molar refractivity (Wildman–Crippen MR) is 68.8 cm³/mol. The molecular weight excluding hydrogens is 250 g/mol. The molecule has 2 heterocycles. The zero-order chi connectivity index (χ0) is 13.1. The van der Waals surface area contributed by atoms with E-state index in [1.807, 2.05) is 20.0 Å². The van der Waals surface area contributed by atoms with E-state index in [9.17, 15) is 0 Å². The third-order valence-electron chi connectivity index (χ3n) is 2.31. The van der Waals surface area contributed by atoms with Crippen LogP contribution < -0.4 is 5.73 Å². The molecule has 0 bridgehead atoms. The Hall–Kier alpha value is -2.02. The first-order chi connectivity index (χ1) is 8.60. The van der Waals surface area contributed by atoms with Crippen molar-refractivity contribution in [3.05, 3.63) is 35.7 Å². The van der Waals surface area contributed by atoms with Crippen LogP contribution in [0, 0.1) is 6.92 Å². The standard InChI is InChI=1S/C11H13N5OS/c1-7-5-10(16(2)14-7)18-9-6-8(3-4-13-9)11(12)15-17/h3-6,17H,1-2H3,(H2,12,15). The third kappa shape index (κ3) is 2.62. The van der Waals surface area contributed by atoms with Crippen LogP contribution in [0.15, 0.2) is 39.6 Å². The van der Waals surface area contributed by atoms with E-state index in [0.29, 0.717) is 5.56 Å². The first kappa shape index (κ1) is 12.4.